The molecule has 4 heteroatoms. The van der Waals surface area contributed by atoms with Crippen molar-refractivity contribution in [2.24, 2.45) is 7.05 Å². The second-order valence-corrected chi connectivity index (χ2v) is 3.12. The molecule has 0 aliphatic heterocycles. The standard InChI is InChI=1S/C5H5NOS2/c1-6-4(7)2-3-9-5(6)8/h2-3H,1H3. The summed E-state index contributed by atoms with van der Waals surface area (Å²) in [5.74, 6) is 0. The van der Waals surface area contributed by atoms with Gasteiger partial charge in [-0.05, 0) is 17.6 Å². The molecule has 9 heavy (non-hydrogen) atoms. The largest absolute Gasteiger partial charge is 0.294 e. The van der Waals surface area contributed by atoms with E-state index >= 15 is 0 Å². The molecule has 0 fully saturated rings. The van der Waals surface area contributed by atoms with E-state index in [0.29, 0.717) is 3.95 Å². The van der Waals surface area contributed by atoms with Crippen molar-refractivity contribution in [2.45, 2.75) is 0 Å². The van der Waals surface area contributed by atoms with Crippen LogP contribution in [0.3, 0.4) is 0 Å². The van der Waals surface area contributed by atoms with Crippen molar-refractivity contribution < 1.29 is 0 Å². The Morgan fingerprint density at radius 3 is 2.89 bits per heavy atom. The maximum Gasteiger partial charge on any atom is 0.252 e. The van der Waals surface area contributed by atoms with Gasteiger partial charge in [0, 0.05) is 13.1 Å². The third-order valence-corrected chi connectivity index (χ3v) is 2.29. The summed E-state index contributed by atoms with van der Waals surface area (Å²) in [6.07, 6.45) is 0. The van der Waals surface area contributed by atoms with Crippen molar-refractivity contribution in [3.05, 3.63) is 25.8 Å². The van der Waals surface area contributed by atoms with E-state index in [9.17, 15) is 4.79 Å². The molecular weight excluding hydrogens is 154 g/mol. The van der Waals surface area contributed by atoms with Crippen LogP contribution in [0, 0.1) is 3.95 Å². The van der Waals surface area contributed by atoms with Crippen molar-refractivity contribution >= 4 is 23.6 Å². The fourth-order valence-corrected chi connectivity index (χ4v) is 1.24. The SMILES string of the molecule is Cn1c(=O)ccsc1=S. The molecule has 0 aliphatic rings. The van der Waals surface area contributed by atoms with E-state index in [0.717, 1.165) is 0 Å². The number of hydrogen-bond donors (Lipinski definition) is 0. The Hall–Kier alpha value is -0.480. The Balaban J connectivity index is 3.62. The Labute approximate surface area is 61.4 Å². The number of rotatable bonds is 0. The molecule has 0 aromatic carbocycles. The highest BCUT2D eigenvalue weighted by atomic mass is 32.1. The van der Waals surface area contributed by atoms with Gasteiger partial charge in [-0.3, -0.25) is 9.36 Å². The van der Waals surface area contributed by atoms with Gasteiger partial charge in [0.1, 0.15) is 0 Å². The monoisotopic (exact) mass is 159 g/mol. The average molecular weight is 159 g/mol. The zero-order chi connectivity index (χ0) is 6.85. The molecule has 1 rings (SSSR count). The number of aromatic nitrogens is 1. The van der Waals surface area contributed by atoms with Crippen LogP contribution in [0.2, 0.25) is 0 Å². The minimum atomic E-state index is -0.0428. The third-order valence-electron chi connectivity index (χ3n) is 0.984. The van der Waals surface area contributed by atoms with Crippen molar-refractivity contribution in [3.8, 4) is 0 Å². The molecule has 0 N–H and O–H groups in total. The van der Waals surface area contributed by atoms with Gasteiger partial charge >= 0.3 is 0 Å². The summed E-state index contributed by atoms with van der Waals surface area (Å²) in [6, 6.07) is 1.50. The third kappa shape index (κ3) is 1.25. The lowest BCUT2D eigenvalue weighted by Crippen LogP contribution is -2.13. The van der Waals surface area contributed by atoms with Crippen LogP contribution >= 0.6 is 23.6 Å². The summed E-state index contributed by atoms with van der Waals surface area (Å²) in [4.78, 5) is 10.7. The summed E-state index contributed by atoms with van der Waals surface area (Å²) < 4.78 is 2.06. The average Bonchev–Trinajstić information content (AvgIpc) is 1.83. The minimum Gasteiger partial charge on any atom is -0.294 e. The molecule has 0 spiro atoms. The minimum absolute atomic E-state index is 0.0428. The lowest BCUT2D eigenvalue weighted by Gasteiger charge is -1.90. The van der Waals surface area contributed by atoms with Crippen LogP contribution < -0.4 is 5.56 Å². The van der Waals surface area contributed by atoms with Crippen molar-refractivity contribution in [1.29, 1.82) is 0 Å². The van der Waals surface area contributed by atoms with Crippen molar-refractivity contribution in [1.82, 2.24) is 4.57 Å². The van der Waals surface area contributed by atoms with Gasteiger partial charge in [-0.1, -0.05) is 0 Å². The predicted molar refractivity (Wildman–Crippen MR) is 40.4 cm³/mol. The maximum absolute atomic E-state index is 10.7. The highest BCUT2D eigenvalue weighted by molar-refractivity contribution is 7.73. The quantitative estimate of drug-likeness (QED) is 0.530. The molecule has 0 bridgehead atoms. The fraction of sp³-hybridized carbons (Fsp3) is 0.200. The van der Waals surface area contributed by atoms with Gasteiger partial charge in [0.25, 0.3) is 5.56 Å². The first-order valence-corrected chi connectivity index (χ1v) is 3.65. The Morgan fingerprint density at radius 2 is 2.44 bits per heavy atom. The zero-order valence-electron chi connectivity index (χ0n) is 4.83. The summed E-state index contributed by atoms with van der Waals surface area (Å²) in [6.45, 7) is 0. The molecule has 1 aromatic heterocycles. The Morgan fingerprint density at radius 1 is 1.78 bits per heavy atom. The lowest BCUT2D eigenvalue weighted by atomic mass is 10.7. The highest BCUT2D eigenvalue weighted by Gasteiger charge is 1.86. The van der Waals surface area contributed by atoms with Crippen LogP contribution in [0.1, 0.15) is 0 Å². The Bertz CT molecular complexity index is 283. The van der Waals surface area contributed by atoms with Crippen LogP contribution in [0.5, 0.6) is 0 Å². The van der Waals surface area contributed by atoms with Gasteiger partial charge in [-0.15, -0.1) is 11.3 Å². The summed E-state index contributed by atoms with van der Waals surface area (Å²) in [5, 5.41) is 1.70. The van der Waals surface area contributed by atoms with Crippen LogP contribution in [0.25, 0.3) is 0 Å². The molecule has 48 valence electrons. The fourth-order valence-electron chi connectivity index (χ4n) is 0.431. The van der Waals surface area contributed by atoms with E-state index in [1.807, 2.05) is 0 Å². The lowest BCUT2D eigenvalue weighted by molar-refractivity contribution is 0.865. The highest BCUT2D eigenvalue weighted by Crippen LogP contribution is 1.92. The topological polar surface area (TPSA) is 22.0 Å². The van der Waals surface area contributed by atoms with Crippen LogP contribution in [-0.2, 0) is 7.05 Å². The second-order valence-electron chi connectivity index (χ2n) is 1.58. The zero-order valence-corrected chi connectivity index (χ0v) is 6.46. The Kier molecular flexibility index (Phi) is 1.78. The predicted octanol–water partition coefficient (Wildman–Crippen LogP) is 1.18. The molecule has 0 atom stereocenters. The van der Waals surface area contributed by atoms with E-state index in [-0.39, 0.29) is 5.56 Å². The van der Waals surface area contributed by atoms with Gasteiger partial charge in [0.15, 0.2) is 3.95 Å². The molecule has 0 radical (unpaired) electrons. The number of hydrogen-bond acceptors (Lipinski definition) is 3. The van der Waals surface area contributed by atoms with E-state index < -0.39 is 0 Å². The number of nitrogens with zero attached hydrogens (tertiary/aromatic N) is 1. The van der Waals surface area contributed by atoms with Crippen LogP contribution in [0.15, 0.2) is 16.2 Å². The van der Waals surface area contributed by atoms with E-state index in [2.05, 4.69) is 0 Å². The summed E-state index contributed by atoms with van der Waals surface area (Å²) >= 11 is 6.21. The van der Waals surface area contributed by atoms with Crippen LogP contribution in [0.4, 0.5) is 0 Å². The van der Waals surface area contributed by atoms with E-state index in [4.69, 9.17) is 12.2 Å². The molecule has 0 saturated heterocycles. The second kappa shape index (κ2) is 2.41. The first-order chi connectivity index (χ1) is 4.22. The molecular formula is C5H5NOS2. The maximum atomic E-state index is 10.7. The molecule has 0 saturated carbocycles. The molecule has 0 aliphatic carbocycles. The normalized spacial score (nSPS) is 9.44. The van der Waals surface area contributed by atoms with Crippen LogP contribution in [-0.4, -0.2) is 4.57 Å². The van der Waals surface area contributed by atoms with Gasteiger partial charge in [0.05, 0.1) is 0 Å². The van der Waals surface area contributed by atoms with Gasteiger partial charge in [0.2, 0.25) is 0 Å². The van der Waals surface area contributed by atoms with E-state index in [1.54, 1.807) is 12.4 Å². The van der Waals surface area contributed by atoms with Crippen molar-refractivity contribution in [3.63, 3.8) is 0 Å². The molecule has 0 unspecified atom stereocenters. The molecule has 1 heterocycles. The molecule has 2 nitrogen and oxygen atoms in total. The smallest absolute Gasteiger partial charge is 0.252 e. The first-order valence-electron chi connectivity index (χ1n) is 2.36. The van der Waals surface area contributed by atoms with Gasteiger partial charge in [-0.25, -0.2) is 0 Å². The van der Waals surface area contributed by atoms with Gasteiger partial charge in [-0.2, -0.15) is 0 Å². The summed E-state index contributed by atoms with van der Waals surface area (Å²) in [5.41, 5.74) is -0.0428. The first kappa shape index (κ1) is 6.64. The molecule has 0 amide bonds. The summed E-state index contributed by atoms with van der Waals surface area (Å²) in [7, 11) is 1.67. The van der Waals surface area contributed by atoms with E-state index in [1.165, 1.54) is 22.0 Å². The van der Waals surface area contributed by atoms with Crippen molar-refractivity contribution in [2.75, 3.05) is 0 Å². The molecule has 1 aromatic rings. The van der Waals surface area contributed by atoms with Gasteiger partial charge < -0.3 is 0 Å².